The molecule has 1 aliphatic heterocycles. The molecular formula is C43H27N4O2Pt2-3. The van der Waals surface area contributed by atoms with Gasteiger partial charge in [0.05, 0.1) is 0 Å². The Morgan fingerprint density at radius 3 is 1.98 bits per heavy atom. The zero-order valence-corrected chi connectivity index (χ0v) is 31.6. The molecule has 0 aliphatic carbocycles. The van der Waals surface area contributed by atoms with Gasteiger partial charge in [0.1, 0.15) is 0 Å². The summed E-state index contributed by atoms with van der Waals surface area (Å²) in [5.74, 6) is 2.42. The monoisotopic (exact) mass is 1020 g/mol. The molecular weight excluding hydrogens is 995 g/mol. The molecule has 0 unspecified atom stereocenters. The summed E-state index contributed by atoms with van der Waals surface area (Å²) in [5, 5.41) is 2.29. The quantitative estimate of drug-likeness (QED) is 0.118. The number of ether oxygens (including phenoxy) is 2. The topological polar surface area (TPSA) is 42.8 Å². The fourth-order valence-corrected chi connectivity index (χ4v) is 5.07. The van der Waals surface area contributed by atoms with Crippen LogP contribution in [-0.2, 0) is 42.1 Å². The van der Waals surface area contributed by atoms with Crippen molar-refractivity contribution >= 4 is 16.5 Å². The molecule has 5 aromatic carbocycles. The van der Waals surface area contributed by atoms with Crippen LogP contribution in [0.3, 0.4) is 0 Å². The van der Waals surface area contributed by atoms with E-state index in [2.05, 4.69) is 41.4 Å². The minimum Gasteiger partial charge on any atom is -0.669 e. The van der Waals surface area contributed by atoms with Gasteiger partial charge in [-0.3, -0.25) is 11.1 Å². The van der Waals surface area contributed by atoms with Crippen molar-refractivity contribution in [3.8, 4) is 51.4 Å². The summed E-state index contributed by atoms with van der Waals surface area (Å²) in [6.07, 6.45) is 16.2. The van der Waals surface area contributed by atoms with Crippen LogP contribution in [0.4, 0.5) is 5.69 Å². The molecule has 51 heavy (non-hydrogen) atoms. The molecule has 8 rings (SSSR count). The maximum atomic E-state index is 6.89. The Morgan fingerprint density at radius 1 is 0.686 bits per heavy atom. The fourth-order valence-electron chi connectivity index (χ4n) is 5.07. The van der Waals surface area contributed by atoms with Crippen molar-refractivity contribution in [3.05, 3.63) is 184 Å². The third kappa shape index (κ3) is 9.47. The van der Waals surface area contributed by atoms with Crippen LogP contribution in [0.25, 0.3) is 33.2 Å². The summed E-state index contributed by atoms with van der Waals surface area (Å²) >= 11 is 0. The van der Waals surface area contributed by atoms with E-state index in [-0.39, 0.29) is 42.1 Å². The second-order valence-electron chi connectivity index (χ2n) is 10.9. The number of aromatic nitrogens is 2. The smallest absolute Gasteiger partial charge is 0.669 e. The SMILES string of the molecule is CN1C=CN(c2[c-]c(Oc3[c-]c(-c4cc(-c5[c-]c(Oc6[c-]cccc6)ccc5)[c-]cn4)ccc3)ccc2)[CH-]1.[C-]#Cn1cc2ccccc2c1.[Pt+4].[Pt]. The molecule has 0 atom stereocenters. The van der Waals surface area contributed by atoms with E-state index < -0.39 is 0 Å². The molecule has 6 nitrogen and oxygen atoms in total. The molecule has 7 aromatic rings. The van der Waals surface area contributed by atoms with Gasteiger partial charge < -0.3 is 35.2 Å². The molecule has 1 aliphatic rings. The van der Waals surface area contributed by atoms with E-state index in [4.69, 9.17) is 15.9 Å². The number of hydrogen-bond donors (Lipinski definition) is 0. The van der Waals surface area contributed by atoms with Crippen LogP contribution < -0.4 is 14.4 Å². The molecule has 0 amide bonds. The molecule has 254 valence electrons. The van der Waals surface area contributed by atoms with Crippen LogP contribution in [0.5, 0.6) is 23.0 Å². The minimum atomic E-state index is 0. The third-order valence-electron chi connectivity index (χ3n) is 7.41. The largest absolute Gasteiger partial charge is 4.00 e. The molecule has 3 heterocycles. The Morgan fingerprint density at radius 2 is 1.31 bits per heavy atom. The van der Waals surface area contributed by atoms with Gasteiger partial charge in [-0.1, -0.05) is 42.2 Å². The summed E-state index contributed by atoms with van der Waals surface area (Å²) in [6, 6.07) is 53.2. The molecule has 0 N–H and O–H groups in total. The van der Waals surface area contributed by atoms with Crippen molar-refractivity contribution < 1.29 is 51.6 Å². The van der Waals surface area contributed by atoms with Gasteiger partial charge in [0.25, 0.3) is 0 Å². The maximum Gasteiger partial charge on any atom is 4.00 e. The third-order valence-corrected chi connectivity index (χ3v) is 7.41. The number of benzene rings is 5. The Kier molecular flexibility index (Phi) is 12.7. The molecule has 0 saturated carbocycles. The second kappa shape index (κ2) is 17.5. The fraction of sp³-hybridized carbons (Fsp3) is 0.0233. The minimum absolute atomic E-state index is 0. The zero-order valence-electron chi connectivity index (χ0n) is 27.1. The van der Waals surface area contributed by atoms with E-state index in [1.165, 1.54) is 0 Å². The summed E-state index contributed by atoms with van der Waals surface area (Å²) in [5.41, 5.74) is 4.13. The molecule has 0 radical (unpaired) electrons. The first-order chi connectivity index (χ1) is 24.1. The van der Waals surface area contributed by atoms with Crippen LogP contribution in [0.1, 0.15) is 0 Å². The second-order valence-corrected chi connectivity index (χ2v) is 10.9. The number of hydrogen-bond acceptors (Lipinski definition) is 5. The van der Waals surface area contributed by atoms with E-state index in [1.807, 2.05) is 158 Å². The summed E-state index contributed by atoms with van der Waals surface area (Å²) < 4.78 is 13.6. The number of anilines is 1. The molecule has 0 spiro atoms. The van der Waals surface area contributed by atoms with Crippen molar-refractivity contribution in [2.75, 3.05) is 11.9 Å². The molecule has 0 bridgehead atoms. The Labute approximate surface area is 327 Å². The van der Waals surface area contributed by atoms with Crippen molar-refractivity contribution in [1.82, 2.24) is 14.5 Å². The normalized spacial score (nSPS) is 11.5. The first-order valence-electron chi connectivity index (χ1n) is 15.4. The van der Waals surface area contributed by atoms with Crippen molar-refractivity contribution in [3.63, 3.8) is 0 Å². The van der Waals surface area contributed by atoms with E-state index in [9.17, 15) is 0 Å². The average molecular weight is 1020 g/mol. The predicted octanol–water partition coefficient (Wildman–Crippen LogP) is 9.38. The molecule has 0 saturated heterocycles. The van der Waals surface area contributed by atoms with Gasteiger partial charge in [-0.25, -0.2) is 24.2 Å². The van der Waals surface area contributed by atoms with Gasteiger partial charge in [-0.2, -0.15) is 43.1 Å². The number of para-hydroxylation sites is 1. The van der Waals surface area contributed by atoms with Gasteiger partial charge >= 0.3 is 21.1 Å². The van der Waals surface area contributed by atoms with Crippen LogP contribution in [0, 0.1) is 49.5 Å². The van der Waals surface area contributed by atoms with E-state index in [1.54, 1.807) is 10.8 Å². The van der Waals surface area contributed by atoms with Gasteiger partial charge in [-0.05, 0) is 19.4 Å². The van der Waals surface area contributed by atoms with Crippen molar-refractivity contribution in [1.29, 1.82) is 0 Å². The number of pyridine rings is 1. The standard InChI is InChI=1S/C33H21N3O2.C10H6N.2Pt/c1-35-18-19-36(24-35)28-10-7-15-32(23-28)38-31-14-6-9-27(21-31)33-22-26(16-17-34-33)25-8-5-13-30(20-25)37-29-11-3-2-4-12-29;1-2-11-7-9-5-3-4-6-10(9)8-11;;/h2-11,13-15,17-19,22,24H,1H3;3-8H;;/q-6;-1;;+4. The average Bonchev–Trinajstić information content (AvgIpc) is 3.79. The Hall–Kier alpha value is -5.33. The molecule has 8 heteroatoms. The van der Waals surface area contributed by atoms with E-state index >= 15 is 0 Å². The van der Waals surface area contributed by atoms with Crippen molar-refractivity contribution in [2.45, 2.75) is 0 Å². The predicted molar refractivity (Wildman–Crippen MR) is 190 cm³/mol. The first kappa shape index (κ1) is 36.9. The maximum absolute atomic E-state index is 6.89. The van der Waals surface area contributed by atoms with Crippen molar-refractivity contribution in [2.24, 2.45) is 0 Å². The van der Waals surface area contributed by atoms with Gasteiger partial charge in [0, 0.05) is 67.2 Å². The van der Waals surface area contributed by atoms with Crippen LogP contribution >= 0.6 is 0 Å². The molecule has 2 aromatic heterocycles. The molecule has 0 fully saturated rings. The summed E-state index contributed by atoms with van der Waals surface area (Å²) in [4.78, 5) is 8.48. The Bertz CT molecular complexity index is 2250. The summed E-state index contributed by atoms with van der Waals surface area (Å²) in [7, 11) is 1.98. The van der Waals surface area contributed by atoms with Crippen LogP contribution in [0.2, 0.25) is 0 Å². The number of rotatable bonds is 7. The number of fused-ring (bicyclic) bond motifs is 1. The Balaban J connectivity index is 0.000000331. The van der Waals surface area contributed by atoms with Crippen LogP contribution in [-0.4, -0.2) is 21.5 Å². The summed E-state index contributed by atoms with van der Waals surface area (Å²) in [6.45, 7) is 1.97. The number of nitrogens with zero attached hydrogens (tertiary/aromatic N) is 4. The van der Waals surface area contributed by atoms with E-state index in [0.717, 1.165) is 38.8 Å². The van der Waals surface area contributed by atoms with Gasteiger partial charge in [0.2, 0.25) is 0 Å². The first-order valence-corrected chi connectivity index (χ1v) is 15.4. The van der Waals surface area contributed by atoms with Crippen LogP contribution in [0.15, 0.2) is 140 Å². The van der Waals surface area contributed by atoms with E-state index in [0.29, 0.717) is 23.0 Å². The van der Waals surface area contributed by atoms with Gasteiger partial charge in [-0.15, -0.1) is 65.8 Å². The van der Waals surface area contributed by atoms with Gasteiger partial charge in [0.15, 0.2) is 0 Å². The zero-order chi connectivity index (χ0) is 33.4.